The molecule has 0 saturated heterocycles. The second kappa shape index (κ2) is 17.6. The van der Waals surface area contributed by atoms with Gasteiger partial charge in [-0.25, -0.2) is 36.8 Å². The smallest absolute Gasteiger partial charge is 0.308 e. The molecule has 17 nitrogen and oxygen atoms in total. The number of aliphatic hydroxyl groups excluding tert-OH is 2. The molecule has 6 N–H and O–H groups in total. The van der Waals surface area contributed by atoms with Crippen LogP contribution >= 0.6 is 0 Å². The van der Waals surface area contributed by atoms with Crippen molar-refractivity contribution in [1.82, 2.24) is 20.7 Å². The number of carbonyl (C=O) groups is 1. The first-order chi connectivity index (χ1) is 21.4. The first-order valence-corrected chi connectivity index (χ1v) is 15.8. The summed E-state index contributed by atoms with van der Waals surface area (Å²) < 4.78 is 44.0. The fraction of sp³-hybridized carbons (Fsp3) is 0.519. The second-order valence-electron chi connectivity index (χ2n) is 10.5. The van der Waals surface area contributed by atoms with Crippen LogP contribution < -0.4 is 4.31 Å². The predicted molar refractivity (Wildman–Crippen MR) is 157 cm³/mol. The molecule has 2 aromatic rings. The van der Waals surface area contributed by atoms with E-state index in [0.717, 1.165) is 10.6 Å². The highest BCUT2D eigenvalue weighted by atomic mass is 32.2. The van der Waals surface area contributed by atoms with Gasteiger partial charge in [0.25, 0.3) is 0 Å². The molecule has 1 aromatic carbocycles. The van der Waals surface area contributed by atoms with E-state index in [1.807, 2.05) is 13.8 Å². The molecule has 0 amide bonds. The van der Waals surface area contributed by atoms with Crippen molar-refractivity contribution in [1.29, 1.82) is 0 Å². The predicted octanol–water partition coefficient (Wildman–Crippen LogP) is 2.03. The van der Waals surface area contributed by atoms with Crippen LogP contribution in [0.5, 0.6) is 0 Å². The largest absolute Gasteiger partial charge is 0.463 e. The molecule has 1 aromatic heterocycles. The molecule has 0 bridgehead atoms. The maximum absolute atomic E-state index is 13.7. The molecule has 19 heteroatoms. The summed E-state index contributed by atoms with van der Waals surface area (Å²) in [5, 5.41) is 55.5. The fourth-order valence-electron chi connectivity index (χ4n) is 4.12. The number of esters is 1. The standard InChI is InChI=1S/C27H40FN5O12S/c1-6-22(44-32(37)38)23(45-33(39)40)15-43-24(36)14-20(35)13-19(34)11-12-21-25(16(2)3)29-27(31(4)46(5,41)42)30-26(21)17-7-9-18(28)10-8-17/h7-12,16,19-20,22-23,34-35,37-40H,6,13-15H2,1-5H3/b12-11+. The van der Waals surface area contributed by atoms with Crippen molar-refractivity contribution in [2.75, 3.05) is 24.2 Å². The van der Waals surface area contributed by atoms with Crippen LogP contribution in [0.2, 0.25) is 0 Å². The third-order valence-electron chi connectivity index (χ3n) is 6.49. The molecule has 0 radical (unpaired) electrons. The van der Waals surface area contributed by atoms with Crippen molar-refractivity contribution < 1.29 is 63.1 Å². The third-order valence-corrected chi connectivity index (χ3v) is 7.65. The van der Waals surface area contributed by atoms with E-state index in [0.29, 0.717) is 16.8 Å². The summed E-state index contributed by atoms with van der Waals surface area (Å²) in [6.45, 7) is 4.52. The van der Waals surface area contributed by atoms with Crippen molar-refractivity contribution >= 4 is 28.0 Å². The van der Waals surface area contributed by atoms with E-state index in [4.69, 9.17) is 25.6 Å². The van der Waals surface area contributed by atoms with E-state index < -0.39 is 70.0 Å². The van der Waals surface area contributed by atoms with Crippen LogP contribution in [-0.2, 0) is 29.2 Å². The highest BCUT2D eigenvalue weighted by molar-refractivity contribution is 7.92. The van der Waals surface area contributed by atoms with Crippen molar-refractivity contribution in [3.63, 3.8) is 0 Å². The lowest BCUT2D eigenvalue weighted by Gasteiger charge is -2.26. The fourth-order valence-corrected chi connectivity index (χ4v) is 4.50. The molecule has 2 rings (SSSR count). The number of sulfonamides is 1. The quantitative estimate of drug-likeness (QED) is 0.0978. The number of hydrogen-bond donors (Lipinski definition) is 6. The van der Waals surface area contributed by atoms with Gasteiger partial charge in [0.15, 0.2) is 0 Å². The first-order valence-electron chi connectivity index (χ1n) is 13.9. The highest BCUT2D eigenvalue weighted by Gasteiger charge is 2.29. The Labute approximate surface area is 265 Å². The topological polar surface area (TPSA) is 236 Å². The van der Waals surface area contributed by atoms with Crippen LogP contribution in [0.1, 0.15) is 57.2 Å². The summed E-state index contributed by atoms with van der Waals surface area (Å²) in [5.74, 6) is -1.82. The number of anilines is 1. The van der Waals surface area contributed by atoms with Gasteiger partial charge < -0.3 is 14.9 Å². The molecule has 1 heterocycles. The Kier molecular flexibility index (Phi) is 14.9. The number of halogens is 1. The van der Waals surface area contributed by atoms with Crippen molar-refractivity contribution in [3.8, 4) is 11.3 Å². The lowest BCUT2D eigenvalue weighted by molar-refractivity contribution is -0.539. The summed E-state index contributed by atoms with van der Waals surface area (Å²) in [6, 6.07) is 5.35. The minimum atomic E-state index is -3.73. The van der Waals surface area contributed by atoms with Crippen molar-refractivity contribution in [2.24, 2.45) is 0 Å². The minimum Gasteiger partial charge on any atom is -0.463 e. The first kappa shape index (κ1) is 39.0. The lowest BCUT2D eigenvalue weighted by Crippen LogP contribution is -2.42. The van der Waals surface area contributed by atoms with Gasteiger partial charge in [0, 0.05) is 24.6 Å². The Morgan fingerprint density at radius 3 is 2.13 bits per heavy atom. The number of ether oxygens (including phenoxy) is 1. The summed E-state index contributed by atoms with van der Waals surface area (Å²) >= 11 is 0. The van der Waals surface area contributed by atoms with E-state index in [1.54, 1.807) is 0 Å². The van der Waals surface area contributed by atoms with Crippen LogP contribution in [-0.4, -0.2) is 111 Å². The SMILES string of the molecule is CCC(ON(O)O)C(COC(=O)CC(O)CC(O)/C=C/c1c(-c2ccc(F)cc2)nc(N(C)S(C)(=O)=O)nc1C(C)C)ON(O)O. The van der Waals surface area contributed by atoms with E-state index in [9.17, 15) is 27.8 Å². The molecular formula is C27H40FN5O12S. The average molecular weight is 678 g/mol. The second-order valence-corrected chi connectivity index (χ2v) is 12.5. The van der Waals surface area contributed by atoms with Gasteiger partial charge in [-0.2, -0.15) is 0 Å². The van der Waals surface area contributed by atoms with Crippen molar-refractivity contribution in [3.05, 3.63) is 47.4 Å². The lowest BCUT2D eigenvalue weighted by atomic mass is 9.97. The molecular weight excluding hydrogens is 637 g/mol. The van der Waals surface area contributed by atoms with Crippen LogP contribution in [0.4, 0.5) is 10.3 Å². The van der Waals surface area contributed by atoms with Gasteiger partial charge in [-0.15, -0.1) is 0 Å². The molecule has 4 unspecified atom stereocenters. The number of hydrogen-bond acceptors (Lipinski definition) is 16. The molecule has 0 aliphatic heterocycles. The summed E-state index contributed by atoms with van der Waals surface area (Å²) in [7, 11) is -2.43. The minimum absolute atomic E-state index is 0.0540. The van der Waals surface area contributed by atoms with Crippen LogP contribution in [0, 0.1) is 5.82 Å². The maximum atomic E-state index is 13.7. The average Bonchev–Trinajstić information content (AvgIpc) is 2.95. The zero-order valence-electron chi connectivity index (χ0n) is 25.8. The van der Waals surface area contributed by atoms with Gasteiger partial charge in [-0.3, -0.25) is 25.6 Å². The molecule has 4 atom stereocenters. The molecule has 0 fully saturated rings. The van der Waals surface area contributed by atoms with Crippen LogP contribution in [0.3, 0.4) is 0 Å². The Balaban J connectivity index is 2.24. The normalized spacial score (nSPS) is 15.0. The summed E-state index contributed by atoms with van der Waals surface area (Å²) in [4.78, 5) is 30.5. The monoisotopic (exact) mass is 677 g/mol. The molecule has 0 aliphatic rings. The molecule has 0 aliphatic carbocycles. The van der Waals surface area contributed by atoms with Gasteiger partial charge in [0.1, 0.15) is 24.6 Å². The van der Waals surface area contributed by atoms with Gasteiger partial charge in [0.05, 0.1) is 47.1 Å². The van der Waals surface area contributed by atoms with Gasteiger partial charge in [-0.1, -0.05) is 32.9 Å². The Morgan fingerprint density at radius 2 is 1.61 bits per heavy atom. The highest BCUT2D eigenvalue weighted by Crippen LogP contribution is 2.32. The Morgan fingerprint density at radius 1 is 1.02 bits per heavy atom. The van der Waals surface area contributed by atoms with E-state index in [2.05, 4.69) is 19.6 Å². The van der Waals surface area contributed by atoms with Gasteiger partial charge in [-0.05, 0) is 36.6 Å². The number of rotatable bonds is 18. The Bertz CT molecular complexity index is 1410. The van der Waals surface area contributed by atoms with Gasteiger partial charge in [0.2, 0.25) is 16.0 Å². The van der Waals surface area contributed by atoms with Gasteiger partial charge >= 0.3 is 5.97 Å². The van der Waals surface area contributed by atoms with Crippen LogP contribution in [0.25, 0.3) is 17.3 Å². The third kappa shape index (κ3) is 12.2. The number of aliphatic hydroxyl groups is 2. The van der Waals surface area contributed by atoms with E-state index >= 15 is 0 Å². The number of nitrogens with zero attached hydrogens (tertiary/aromatic N) is 5. The van der Waals surface area contributed by atoms with E-state index in [1.165, 1.54) is 50.4 Å². The van der Waals surface area contributed by atoms with Crippen LogP contribution in [0.15, 0.2) is 30.3 Å². The van der Waals surface area contributed by atoms with E-state index in [-0.39, 0.29) is 30.4 Å². The molecule has 0 saturated carbocycles. The number of benzene rings is 1. The molecule has 0 spiro atoms. The number of aromatic nitrogens is 2. The Hall–Kier alpha value is -3.21. The zero-order valence-corrected chi connectivity index (χ0v) is 26.7. The molecule has 258 valence electrons. The van der Waals surface area contributed by atoms with Crippen molar-refractivity contribution in [2.45, 2.75) is 70.4 Å². The molecule has 46 heavy (non-hydrogen) atoms. The summed E-state index contributed by atoms with van der Waals surface area (Å²) in [5.41, 5.74) is 1.54. The maximum Gasteiger partial charge on any atom is 0.308 e. The summed E-state index contributed by atoms with van der Waals surface area (Å²) in [6.07, 6.45) is -2.36. The zero-order chi connectivity index (χ0) is 34.8. The number of carbonyl (C=O) groups excluding carboxylic acids is 1.